The van der Waals surface area contributed by atoms with Gasteiger partial charge in [-0.15, -0.1) is 0 Å². The molecule has 0 saturated heterocycles. The van der Waals surface area contributed by atoms with Crippen LogP contribution in [0.1, 0.15) is 45.7 Å². The molecule has 1 aliphatic rings. The zero-order chi connectivity index (χ0) is 18.9. The Morgan fingerprint density at radius 3 is 2.38 bits per heavy atom. The number of hydrogen-bond donors (Lipinski definition) is 1. The van der Waals surface area contributed by atoms with Crippen molar-refractivity contribution in [1.82, 2.24) is 10.2 Å². The molecule has 0 unspecified atom stereocenters. The van der Waals surface area contributed by atoms with Crippen molar-refractivity contribution in [2.24, 2.45) is 0 Å². The van der Waals surface area contributed by atoms with Gasteiger partial charge < -0.3 is 10.2 Å². The minimum Gasteiger partial charge on any atom is -0.379 e. The Hall–Kier alpha value is -2.88. The third-order valence-electron chi connectivity index (χ3n) is 4.49. The number of fused-ring (bicyclic) bond motifs is 1. The molecule has 0 saturated carbocycles. The smallest absolute Gasteiger partial charge is 0.253 e. The van der Waals surface area contributed by atoms with Gasteiger partial charge in [0.15, 0.2) is 5.78 Å². The van der Waals surface area contributed by atoms with Gasteiger partial charge in [0.1, 0.15) is 0 Å². The number of nitrogens with zero attached hydrogens (tertiary/aromatic N) is 1. The molecule has 1 amide bonds. The molecule has 0 atom stereocenters. The van der Waals surface area contributed by atoms with Crippen molar-refractivity contribution in [3.63, 3.8) is 0 Å². The Balaban J connectivity index is 2.03. The van der Waals surface area contributed by atoms with Gasteiger partial charge in [0.2, 0.25) is 0 Å². The lowest BCUT2D eigenvalue weighted by atomic mass is 9.84. The minimum absolute atomic E-state index is 0.0185. The van der Waals surface area contributed by atoms with Gasteiger partial charge in [0.05, 0.1) is 0 Å². The number of carbonyl (C=O) groups excluding carboxylic acids is 2. The minimum atomic E-state index is -0.199. The highest BCUT2D eigenvalue weighted by Gasteiger charge is 2.28. The first kappa shape index (κ1) is 17.9. The van der Waals surface area contributed by atoms with Crippen LogP contribution in [0.5, 0.6) is 0 Å². The van der Waals surface area contributed by atoms with Crippen LogP contribution < -0.4 is 5.32 Å². The van der Waals surface area contributed by atoms with Crippen molar-refractivity contribution in [2.75, 3.05) is 14.1 Å². The van der Waals surface area contributed by atoms with Gasteiger partial charge in [-0.3, -0.25) is 9.59 Å². The van der Waals surface area contributed by atoms with Gasteiger partial charge in [-0.25, -0.2) is 0 Å². The summed E-state index contributed by atoms with van der Waals surface area (Å²) in [6.07, 6.45) is 2.44. The van der Waals surface area contributed by atoms with E-state index in [1.54, 1.807) is 25.1 Å². The Morgan fingerprint density at radius 2 is 1.73 bits per heavy atom. The molecule has 0 aromatic heterocycles. The first-order valence-electron chi connectivity index (χ1n) is 8.71. The average Bonchev–Trinajstić information content (AvgIpc) is 2.60. The molecule has 3 rings (SSSR count). The summed E-state index contributed by atoms with van der Waals surface area (Å²) in [6, 6.07) is 14.9. The van der Waals surface area contributed by atoms with Crippen LogP contribution in [0.25, 0.3) is 5.70 Å². The number of benzene rings is 2. The zero-order valence-corrected chi connectivity index (χ0v) is 15.7. The van der Waals surface area contributed by atoms with E-state index in [9.17, 15) is 9.59 Å². The molecule has 26 heavy (non-hydrogen) atoms. The predicted octanol–water partition coefficient (Wildman–Crippen LogP) is 3.54. The highest BCUT2D eigenvalue weighted by molar-refractivity contribution is 6.08. The number of rotatable bonds is 3. The standard InChI is InChI=1S/C22H24N2O2/c1-22(2)14-17-12-16(21(26)24(3)4)10-11-18(17)19(23-22)13-20(25)15-8-6-5-7-9-15/h5-13,23H,14H2,1-4H3/b19-13-. The Bertz CT molecular complexity index is 880. The number of allylic oxidation sites excluding steroid dienone is 1. The molecule has 4 heteroatoms. The van der Waals surface area contributed by atoms with E-state index in [-0.39, 0.29) is 17.2 Å². The molecule has 0 spiro atoms. The molecule has 134 valence electrons. The van der Waals surface area contributed by atoms with Gasteiger partial charge in [-0.05, 0) is 38.0 Å². The van der Waals surface area contributed by atoms with Crippen LogP contribution in [0, 0.1) is 0 Å². The average molecular weight is 348 g/mol. The van der Waals surface area contributed by atoms with Crippen molar-refractivity contribution in [3.8, 4) is 0 Å². The predicted molar refractivity (Wildman–Crippen MR) is 104 cm³/mol. The summed E-state index contributed by atoms with van der Waals surface area (Å²) >= 11 is 0. The maximum absolute atomic E-state index is 12.6. The van der Waals surface area contributed by atoms with Crippen LogP contribution >= 0.6 is 0 Å². The van der Waals surface area contributed by atoms with E-state index >= 15 is 0 Å². The van der Waals surface area contributed by atoms with E-state index in [0.717, 1.165) is 23.2 Å². The van der Waals surface area contributed by atoms with E-state index < -0.39 is 0 Å². The maximum Gasteiger partial charge on any atom is 0.253 e. The first-order chi connectivity index (χ1) is 12.3. The Morgan fingerprint density at radius 1 is 1.04 bits per heavy atom. The fraction of sp³-hybridized carbons (Fsp3) is 0.273. The molecule has 4 nitrogen and oxygen atoms in total. The van der Waals surface area contributed by atoms with E-state index in [4.69, 9.17) is 0 Å². The van der Waals surface area contributed by atoms with Gasteiger partial charge in [0.25, 0.3) is 5.91 Å². The van der Waals surface area contributed by atoms with Gasteiger partial charge in [-0.1, -0.05) is 36.4 Å². The summed E-state index contributed by atoms with van der Waals surface area (Å²) in [7, 11) is 3.49. The van der Waals surface area contributed by atoms with E-state index in [1.807, 2.05) is 48.5 Å². The lowest BCUT2D eigenvalue weighted by molar-refractivity contribution is 0.0827. The fourth-order valence-corrected chi connectivity index (χ4v) is 3.28. The van der Waals surface area contributed by atoms with E-state index in [0.29, 0.717) is 11.1 Å². The van der Waals surface area contributed by atoms with Crippen molar-refractivity contribution in [2.45, 2.75) is 25.8 Å². The SMILES string of the molecule is CN(C)C(=O)c1ccc2c(c1)CC(C)(C)N/C2=C\C(=O)c1ccccc1. The van der Waals surface area contributed by atoms with Crippen molar-refractivity contribution >= 4 is 17.4 Å². The van der Waals surface area contributed by atoms with E-state index in [1.165, 1.54) is 0 Å². The highest BCUT2D eigenvalue weighted by Crippen LogP contribution is 2.31. The summed E-state index contributed by atoms with van der Waals surface area (Å²) in [5, 5.41) is 3.47. The number of carbonyl (C=O) groups is 2. The van der Waals surface area contributed by atoms with E-state index in [2.05, 4.69) is 19.2 Å². The van der Waals surface area contributed by atoms with Crippen LogP contribution in [-0.4, -0.2) is 36.2 Å². The monoisotopic (exact) mass is 348 g/mol. The number of hydrogen-bond acceptors (Lipinski definition) is 3. The summed E-state index contributed by atoms with van der Waals surface area (Å²) in [5.41, 5.74) is 3.98. The normalized spacial score (nSPS) is 16.5. The zero-order valence-electron chi connectivity index (χ0n) is 15.7. The summed E-state index contributed by atoms with van der Waals surface area (Å²) in [6.45, 7) is 4.19. The van der Waals surface area contributed by atoms with Crippen LogP contribution in [0.4, 0.5) is 0 Å². The lowest BCUT2D eigenvalue weighted by Crippen LogP contribution is -2.44. The van der Waals surface area contributed by atoms with Crippen LogP contribution in [0.15, 0.2) is 54.6 Å². The molecular weight excluding hydrogens is 324 g/mol. The third kappa shape index (κ3) is 3.69. The number of ketones is 1. The van der Waals surface area contributed by atoms with Crippen LogP contribution in [0.2, 0.25) is 0 Å². The van der Waals surface area contributed by atoms with Gasteiger partial charge in [0, 0.05) is 48.1 Å². The summed E-state index contributed by atoms with van der Waals surface area (Å²) < 4.78 is 0. The number of amides is 1. The molecule has 0 radical (unpaired) electrons. The topological polar surface area (TPSA) is 49.4 Å². The third-order valence-corrected chi connectivity index (χ3v) is 4.49. The molecule has 1 aliphatic heterocycles. The highest BCUT2D eigenvalue weighted by atomic mass is 16.2. The number of nitrogens with one attached hydrogen (secondary N) is 1. The maximum atomic E-state index is 12.6. The molecule has 0 bridgehead atoms. The lowest BCUT2D eigenvalue weighted by Gasteiger charge is -2.36. The molecule has 1 heterocycles. The van der Waals surface area contributed by atoms with Gasteiger partial charge in [-0.2, -0.15) is 0 Å². The first-order valence-corrected chi connectivity index (χ1v) is 8.71. The van der Waals surface area contributed by atoms with Crippen LogP contribution in [-0.2, 0) is 6.42 Å². The molecule has 2 aromatic carbocycles. The van der Waals surface area contributed by atoms with Crippen molar-refractivity contribution in [3.05, 3.63) is 76.9 Å². The quantitative estimate of drug-likeness (QED) is 0.682. The van der Waals surface area contributed by atoms with Crippen molar-refractivity contribution < 1.29 is 9.59 Å². The Labute approximate surface area is 154 Å². The summed E-state index contributed by atoms with van der Waals surface area (Å²) in [4.78, 5) is 26.5. The molecular formula is C22H24N2O2. The second kappa shape index (κ2) is 6.79. The van der Waals surface area contributed by atoms with Crippen molar-refractivity contribution in [1.29, 1.82) is 0 Å². The largest absolute Gasteiger partial charge is 0.379 e. The second-order valence-electron chi connectivity index (χ2n) is 7.55. The molecule has 0 fully saturated rings. The molecule has 2 aromatic rings. The Kier molecular flexibility index (Phi) is 4.68. The van der Waals surface area contributed by atoms with Crippen LogP contribution in [0.3, 0.4) is 0 Å². The fourth-order valence-electron chi connectivity index (χ4n) is 3.28. The van der Waals surface area contributed by atoms with Gasteiger partial charge >= 0.3 is 0 Å². The molecule has 0 aliphatic carbocycles. The summed E-state index contributed by atoms with van der Waals surface area (Å²) in [5.74, 6) is -0.0553. The second-order valence-corrected chi connectivity index (χ2v) is 7.55. The molecule has 1 N–H and O–H groups in total.